The van der Waals surface area contributed by atoms with Crippen molar-refractivity contribution in [1.82, 2.24) is 10.2 Å². The molecule has 0 unspecified atom stereocenters. The number of carbonyl (C=O) groups is 2. The number of methoxy groups -OCH3 is 1. The van der Waals surface area contributed by atoms with Crippen molar-refractivity contribution >= 4 is 11.9 Å². The van der Waals surface area contributed by atoms with Crippen LogP contribution in [0.2, 0.25) is 0 Å². The van der Waals surface area contributed by atoms with Crippen molar-refractivity contribution in [3.63, 3.8) is 0 Å². The first-order valence-corrected chi connectivity index (χ1v) is 7.79. The third-order valence-electron chi connectivity index (χ3n) is 4.09. The molecule has 1 fully saturated rings. The minimum absolute atomic E-state index is 0.0509. The number of amides is 1. The van der Waals surface area contributed by atoms with Gasteiger partial charge in [-0.2, -0.15) is 0 Å². The number of likely N-dealkylation sites (tertiary alicyclic amines) is 1. The Balaban J connectivity index is 2.12. The van der Waals surface area contributed by atoms with Gasteiger partial charge in [0.1, 0.15) is 0 Å². The number of carbonyl (C=O) groups excluding carboxylic acids is 2. The van der Waals surface area contributed by atoms with Gasteiger partial charge < -0.3 is 20.7 Å². The summed E-state index contributed by atoms with van der Waals surface area (Å²) >= 11 is 0. The van der Waals surface area contributed by atoms with Gasteiger partial charge in [-0.15, -0.1) is 0 Å². The number of hydrogen-bond acceptors (Lipinski definition) is 5. The van der Waals surface area contributed by atoms with Crippen molar-refractivity contribution in [2.45, 2.75) is 39.2 Å². The van der Waals surface area contributed by atoms with E-state index < -0.39 is 6.04 Å². The fourth-order valence-electron chi connectivity index (χ4n) is 2.49. The molecule has 0 spiro atoms. The number of nitrogens with one attached hydrogen (secondary N) is 1. The van der Waals surface area contributed by atoms with Crippen LogP contribution in [0.15, 0.2) is 0 Å². The van der Waals surface area contributed by atoms with Crippen LogP contribution in [0.4, 0.5) is 0 Å². The molecule has 0 aromatic rings. The molecular formula is C15H29N3O3. The van der Waals surface area contributed by atoms with Crippen molar-refractivity contribution < 1.29 is 14.3 Å². The van der Waals surface area contributed by atoms with E-state index in [1.165, 1.54) is 7.11 Å². The van der Waals surface area contributed by atoms with Gasteiger partial charge in [0.2, 0.25) is 5.91 Å². The average molecular weight is 299 g/mol. The zero-order valence-electron chi connectivity index (χ0n) is 13.4. The summed E-state index contributed by atoms with van der Waals surface area (Å²) in [6.45, 7) is 7.30. The fraction of sp³-hybridized carbons (Fsp3) is 0.867. The Kier molecular flexibility index (Phi) is 7.67. The summed E-state index contributed by atoms with van der Waals surface area (Å²) < 4.78 is 4.77. The zero-order chi connectivity index (χ0) is 15.8. The summed E-state index contributed by atoms with van der Waals surface area (Å²) in [6, 6.07) is -0.430. The first kappa shape index (κ1) is 17.9. The van der Waals surface area contributed by atoms with E-state index in [0.717, 1.165) is 38.9 Å². The normalized spacial score (nSPS) is 18.5. The van der Waals surface area contributed by atoms with Gasteiger partial charge in [0.05, 0.1) is 19.1 Å². The highest BCUT2D eigenvalue weighted by Crippen LogP contribution is 2.18. The van der Waals surface area contributed by atoms with Crippen LogP contribution in [0.3, 0.4) is 0 Å². The van der Waals surface area contributed by atoms with Gasteiger partial charge in [0.25, 0.3) is 0 Å². The summed E-state index contributed by atoms with van der Waals surface area (Å²) in [6.07, 6.45) is 2.62. The maximum absolute atomic E-state index is 11.7. The quantitative estimate of drug-likeness (QED) is 0.524. The molecule has 0 saturated carbocycles. The fourth-order valence-corrected chi connectivity index (χ4v) is 2.49. The number of piperidine rings is 1. The molecule has 1 atom stereocenters. The molecule has 0 bridgehead atoms. The standard InChI is InChI=1S/C15H29N3O3/c1-11(2)13(16)14(19)17-7-4-8-18-9-5-12(6-10-18)15(20)21-3/h11-13H,4-10,16H2,1-3H3,(H,17,19)/t13-/m0/s1. The topological polar surface area (TPSA) is 84.7 Å². The molecule has 1 aliphatic rings. The molecular weight excluding hydrogens is 270 g/mol. The smallest absolute Gasteiger partial charge is 0.308 e. The lowest BCUT2D eigenvalue weighted by atomic mass is 9.97. The average Bonchev–Trinajstić information content (AvgIpc) is 2.50. The van der Waals surface area contributed by atoms with Crippen LogP contribution in [-0.4, -0.2) is 56.1 Å². The van der Waals surface area contributed by atoms with Gasteiger partial charge in [-0.25, -0.2) is 0 Å². The first-order chi connectivity index (χ1) is 9.95. The van der Waals surface area contributed by atoms with Crippen LogP contribution >= 0.6 is 0 Å². The Morgan fingerprint density at radius 1 is 1.33 bits per heavy atom. The number of nitrogens with two attached hydrogens (primary N) is 1. The number of rotatable bonds is 7. The predicted octanol–water partition coefficient (Wildman–Crippen LogP) is 0.361. The monoisotopic (exact) mass is 299 g/mol. The van der Waals surface area contributed by atoms with Crippen molar-refractivity contribution in [3.05, 3.63) is 0 Å². The lowest BCUT2D eigenvalue weighted by Gasteiger charge is -2.30. The van der Waals surface area contributed by atoms with Crippen LogP contribution in [0.25, 0.3) is 0 Å². The van der Waals surface area contributed by atoms with Crippen molar-refractivity contribution in [3.8, 4) is 0 Å². The maximum Gasteiger partial charge on any atom is 0.308 e. The highest BCUT2D eigenvalue weighted by atomic mass is 16.5. The molecule has 1 saturated heterocycles. The highest BCUT2D eigenvalue weighted by Gasteiger charge is 2.25. The summed E-state index contributed by atoms with van der Waals surface area (Å²) in [7, 11) is 1.44. The Morgan fingerprint density at radius 3 is 2.48 bits per heavy atom. The molecule has 3 N–H and O–H groups in total. The van der Waals surface area contributed by atoms with Gasteiger partial charge in [-0.1, -0.05) is 13.8 Å². The van der Waals surface area contributed by atoms with E-state index in [0.29, 0.717) is 6.54 Å². The van der Waals surface area contributed by atoms with E-state index in [9.17, 15) is 9.59 Å². The second kappa shape index (κ2) is 9.00. The van der Waals surface area contributed by atoms with Gasteiger partial charge in [-0.3, -0.25) is 9.59 Å². The second-order valence-electron chi connectivity index (χ2n) is 6.05. The van der Waals surface area contributed by atoms with Crippen LogP contribution in [0, 0.1) is 11.8 Å². The molecule has 6 nitrogen and oxygen atoms in total. The van der Waals surface area contributed by atoms with Gasteiger partial charge in [-0.05, 0) is 44.8 Å². The third kappa shape index (κ3) is 6.01. The van der Waals surface area contributed by atoms with E-state index in [1.807, 2.05) is 13.8 Å². The minimum Gasteiger partial charge on any atom is -0.469 e. The molecule has 0 radical (unpaired) electrons. The Hall–Kier alpha value is -1.14. The molecule has 1 aliphatic heterocycles. The number of nitrogens with zero attached hydrogens (tertiary/aromatic N) is 1. The van der Waals surface area contributed by atoms with Gasteiger partial charge >= 0.3 is 5.97 Å². The molecule has 1 heterocycles. The Labute approximate surface area is 127 Å². The minimum atomic E-state index is -0.430. The Bertz CT molecular complexity index is 339. The summed E-state index contributed by atoms with van der Waals surface area (Å²) in [5.74, 6) is 0.0383. The van der Waals surface area contributed by atoms with Gasteiger partial charge in [0.15, 0.2) is 0 Å². The van der Waals surface area contributed by atoms with Gasteiger partial charge in [0, 0.05) is 6.54 Å². The van der Waals surface area contributed by atoms with E-state index in [2.05, 4.69) is 10.2 Å². The molecule has 1 amide bonds. The van der Waals surface area contributed by atoms with E-state index in [-0.39, 0.29) is 23.7 Å². The third-order valence-corrected chi connectivity index (χ3v) is 4.09. The number of hydrogen-bond donors (Lipinski definition) is 2. The van der Waals surface area contributed by atoms with E-state index in [4.69, 9.17) is 10.5 Å². The zero-order valence-corrected chi connectivity index (χ0v) is 13.4. The number of esters is 1. The van der Waals surface area contributed by atoms with Crippen LogP contribution < -0.4 is 11.1 Å². The summed E-state index contributed by atoms with van der Waals surface area (Å²) in [5, 5.41) is 2.87. The SMILES string of the molecule is COC(=O)C1CCN(CCCNC(=O)[C@@H](N)C(C)C)CC1. The summed E-state index contributed by atoms with van der Waals surface area (Å²) in [4.78, 5) is 25.4. The van der Waals surface area contributed by atoms with Crippen LogP contribution in [-0.2, 0) is 14.3 Å². The molecule has 0 aromatic carbocycles. The Morgan fingerprint density at radius 2 is 1.95 bits per heavy atom. The lowest BCUT2D eigenvalue weighted by Crippen LogP contribution is -2.45. The van der Waals surface area contributed by atoms with Crippen LogP contribution in [0.5, 0.6) is 0 Å². The molecule has 0 aromatic heterocycles. The second-order valence-corrected chi connectivity index (χ2v) is 6.05. The molecule has 0 aliphatic carbocycles. The predicted molar refractivity (Wildman–Crippen MR) is 81.6 cm³/mol. The lowest BCUT2D eigenvalue weighted by molar-refractivity contribution is -0.147. The molecule has 6 heteroatoms. The van der Waals surface area contributed by atoms with Crippen molar-refractivity contribution in [1.29, 1.82) is 0 Å². The molecule has 122 valence electrons. The van der Waals surface area contributed by atoms with Crippen LogP contribution in [0.1, 0.15) is 33.1 Å². The highest BCUT2D eigenvalue weighted by molar-refractivity contribution is 5.81. The van der Waals surface area contributed by atoms with E-state index in [1.54, 1.807) is 0 Å². The van der Waals surface area contributed by atoms with Crippen molar-refractivity contribution in [2.24, 2.45) is 17.6 Å². The van der Waals surface area contributed by atoms with E-state index >= 15 is 0 Å². The molecule has 21 heavy (non-hydrogen) atoms. The first-order valence-electron chi connectivity index (χ1n) is 7.79. The maximum atomic E-state index is 11.7. The number of ether oxygens (including phenoxy) is 1. The molecule has 1 rings (SSSR count). The van der Waals surface area contributed by atoms with Crippen molar-refractivity contribution in [2.75, 3.05) is 33.3 Å². The largest absolute Gasteiger partial charge is 0.469 e. The summed E-state index contributed by atoms with van der Waals surface area (Å²) in [5.41, 5.74) is 5.78.